The van der Waals surface area contributed by atoms with Gasteiger partial charge in [-0.2, -0.15) is 0 Å². The van der Waals surface area contributed by atoms with E-state index in [1.54, 1.807) is 0 Å². The molecule has 3 saturated carbocycles. The summed E-state index contributed by atoms with van der Waals surface area (Å²) in [4.78, 5) is 12.8. The van der Waals surface area contributed by atoms with Crippen LogP contribution in [0.4, 0.5) is 4.39 Å². The fourth-order valence-electron chi connectivity index (χ4n) is 6.38. The van der Waals surface area contributed by atoms with Gasteiger partial charge in [0.2, 0.25) is 0 Å². The van der Waals surface area contributed by atoms with E-state index in [0.717, 1.165) is 19.3 Å². The fraction of sp³-hybridized carbons (Fsp3) is 0.842. The van der Waals surface area contributed by atoms with Gasteiger partial charge in [-0.15, -0.1) is 0 Å². The third-order valence-corrected chi connectivity index (χ3v) is 7.79. The number of hydrogen-bond acceptors (Lipinski definition) is 2. The fourth-order valence-corrected chi connectivity index (χ4v) is 6.38. The maximum absolute atomic E-state index is 14.2. The summed E-state index contributed by atoms with van der Waals surface area (Å²) in [5, 5.41) is 10.3. The Labute approximate surface area is 132 Å². The van der Waals surface area contributed by atoms with Gasteiger partial charge in [-0.3, -0.25) is 4.79 Å². The van der Waals surface area contributed by atoms with Crippen molar-refractivity contribution in [1.82, 2.24) is 0 Å². The van der Waals surface area contributed by atoms with Crippen LogP contribution in [0.3, 0.4) is 0 Å². The minimum absolute atomic E-state index is 0.0142. The van der Waals surface area contributed by atoms with Crippen LogP contribution in [-0.4, -0.2) is 23.2 Å². The summed E-state index contributed by atoms with van der Waals surface area (Å²) in [6.07, 6.45) is 6.69. The number of carbonyl (C=O) groups excluding carboxylic acids is 1. The maximum Gasteiger partial charge on any atom is 0.159 e. The number of aliphatic hydroxyl groups is 1. The number of rotatable bonds is 0. The third kappa shape index (κ3) is 1.72. The highest BCUT2D eigenvalue weighted by Crippen LogP contribution is 2.64. The second kappa shape index (κ2) is 4.66. The van der Waals surface area contributed by atoms with E-state index >= 15 is 0 Å². The Morgan fingerprint density at radius 2 is 2.00 bits per heavy atom. The molecular formula is C19H27FO2. The zero-order valence-corrected chi connectivity index (χ0v) is 13.6. The van der Waals surface area contributed by atoms with Crippen molar-refractivity contribution in [2.24, 2.45) is 28.6 Å². The van der Waals surface area contributed by atoms with Gasteiger partial charge in [0.05, 0.1) is 6.10 Å². The number of hydrogen-bond donors (Lipinski definition) is 1. The Bertz CT molecular complexity index is 542. The number of ketones is 1. The van der Waals surface area contributed by atoms with Crippen molar-refractivity contribution < 1.29 is 14.3 Å². The van der Waals surface area contributed by atoms with Crippen LogP contribution < -0.4 is 0 Å². The first-order chi connectivity index (χ1) is 10.4. The molecule has 122 valence electrons. The summed E-state index contributed by atoms with van der Waals surface area (Å²) < 4.78 is 14.2. The molecule has 0 aromatic carbocycles. The van der Waals surface area contributed by atoms with Gasteiger partial charge >= 0.3 is 0 Å². The zero-order valence-electron chi connectivity index (χ0n) is 13.6. The van der Waals surface area contributed by atoms with Crippen LogP contribution in [-0.2, 0) is 4.79 Å². The molecule has 7 atom stereocenters. The van der Waals surface area contributed by atoms with Gasteiger partial charge in [0.1, 0.15) is 6.17 Å². The molecule has 0 radical (unpaired) electrons. The predicted octanol–water partition coefficient (Wildman–Crippen LogP) is 3.83. The molecular weight excluding hydrogens is 279 g/mol. The van der Waals surface area contributed by atoms with Crippen molar-refractivity contribution in [2.75, 3.05) is 0 Å². The molecule has 0 spiro atoms. The molecule has 1 N–H and O–H groups in total. The van der Waals surface area contributed by atoms with E-state index in [0.29, 0.717) is 12.3 Å². The number of alkyl halides is 1. The van der Waals surface area contributed by atoms with Gasteiger partial charge < -0.3 is 5.11 Å². The standard InChI is InChI=1S/C19H27FO2/c1-18-7-4-3-5-11(18)9-15(21)16-12(18)6-8-19(2)13(16)10-14(20)17(19)22/h9,12-14,16-17,22H,3-8,10H2,1-2H3/t12?,13?,14?,16?,17?,18-,19-/m0/s1. The molecule has 0 aromatic rings. The summed E-state index contributed by atoms with van der Waals surface area (Å²) in [6.45, 7) is 4.34. The van der Waals surface area contributed by atoms with Crippen LogP contribution in [0.1, 0.15) is 58.8 Å². The van der Waals surface area contributed by atoms with Crippen LogP contribution in [0.15, 0.2) is 11.6 Å². The van der Waals surface area contributed by atoms with Crippen molar-refractivity contribution in [3.8, 4) is 0 Å². The van der Waals surface area contributed by atoms with Crippen molar-refractivity contribution in [3.63, 3.8) is 0 Å². The van der Waals surface area contributed by atoms with Crippen LogP contribution in [0, 0.1) is 28.6 Å². The number of fused-ring (bicyclic) bond motifs is 5. The molecule has 0 amide bonds. The Hall–Kier alpha value is -0.700. The van der Waals surface area contributed by atoms with Gasteiger partial charge in [-0.05, 0) is 67.3 Å². The Kier molecular flexibility index (Phi) is 3.15. The highest BCUT2D eigenvalue weighted by atomic mass is 19.1. The molecule has 3 fully saturated rings. The van der Waals surface area contributed by atoms with Crippen LogP contribution in [0.25, 0.3) is 0 Å². The summed E-state index contributed by atoms with van der Waals surface area (Å²) in [6, 6.07) is 0. The molecule has 5 unspecified atom stereocenters. The van der Waals surface area contributed by atoms with Crippen molar-refractivity contribution in [2.45, 2.75) is 71.1 Å². The van der Waals surface area contributed by atoms with Crippen molar-refractivity contribution >= 4 is 5.78 Å². The zero-order chi connectivity index (χ0) is 15.7. The first-order valence-corrected chi connectivity index (χ1v) is 8.95. The SMILES string of the molecule is C[C@]12CCC3C(C(=O)C=C4CCCC[C@@]43C)C1CC(F)C2O. The quantitative estimate of drug-likeness (QED) is 0.738. The van der Waals surface area contributed by atoms with Gasteiger partial charge in [0.25, 0.3) is 0 Å². The summed E-state index contributed by atoms with van der Waals surface area (Å²) in [5.74, 6) is 0.522. The molecule has 0 saturated heterocycles. The van der Waals surface area contributed by atoms with Crippen LogP contribution in [0.5, 0.6) is 0 Å². The number of allylic oxidation sites excluding steroid dienone is 2. The molecule has 4 aliphatic carbocycles. The monoisotopic (exact) mass is 306 g/mol. The van der Waals surface area contributed by atoms with Crippen LogP contribution >= 0.6 is 0 Å². The Morgan fingerprint density at radius 3 is 2.77 bits per heavy atom. The molecule has 22 heavy (non-hydrogen) atoms. The van der Waals surface area contributed by atoms with E-state index in [4.69, 9.17) is 0 Å². The van der Waals surface area contributed by atoms with Gasteiger partial charge in [0.15, 0.2) is 5.78 Å². The molecule has 0 bridgehead atoms. The average molecular weight is 306 g/mol. The number of halogens is 1. The largest absolute Gasteiger partial charge is 0.390 e. The molecule has 0 heterocycles. The van der Waals surface area contributed by atoms with Gasteiger partial charge in [-0.1, -0.05) is 25.8 Å². The van der Waals surface area contributed by atoms with Crippen LogP contribution in [0.2, 0.25) is 0 Å². The smallest absolute Gasteiger partial charge is 0.159 e. The van der Waals surface area contributed by atoms with E-state index in [9.17, 15) is 14.3 Å². The normalized spacial score (nSPS) is 54.3. The molecule has 0 aliphatic heterocycles. The second-order valence-corrected chi connectivity index (χ2v) is 8.68. The van der Waals surface area contributed by atoms with E-state index in [2.05, 4.69) is 6.92 Å². The average Bonchev–Trinajstić information content (AvgIpc) is 2.71. The molecule has 3 heteroatoms. The highest BCUT2D eigenvalue weighted by molar-refractivity contribution is 5.94. The highest BCUT2D eigenvalue weighted by Gasteiger charge is 2.62. The van der Waals surface area contributed by atoms with Crippen molar-refractivity contribution in [1.29, 1.82) is 0 Å². The lowest BCUT2D eigenvalue weighted by atomic mass is 9.48. The second-order valence-electron chi connectivity index (χ2n) is 8.68. The Balaban J connectivity index is 1.77. The summed E-state index contributed by atoms with van der Waals surface area (Å²) in [5.41, 5.74) is 1.08. The third-order valence-electron chi connectivity index (χ3n) is 7.79. The topological polar surface area (TPSA) is 37.3 Å². The molecule has 4 rings (SSSR count). The van der Waals surface area contributed by atoms with Gasteiger partial charge in [0, 0.05) is 5.92 Å². The maximum atomic E-state index is 14.2. The van der Waals surface area contributed by atoms with Crippen molar-refractivity contribution in [3.05, 3.63) is 11.6 Å². The van der Waals surface area contributed by atoms with E-state index in [1.807, 2.05) is 13.0 Å². The predicted molar refractivity (Wildman–Crippen MR) is 83.0 cm³/mol. The minimum Gasteiger partial charge on any atom is -0.390 e. The first kappa shape index (κ1) is 14.9. The lowest BCUT2D eigenvalue weighted by Gasteiger charge is -2.56. The van der Waals surface area contributed by atoms with E-state index in [-0.39, 0.29) is 23.0 Å². The summed E-state index contributed by atoms with van der Waals surface area (Å²) >= 11 is 0. The van der Waals surface area contributed by atoms with E-state index < -0.39 is 17.7 Å². The molecule has 4 aliphatic rings. The van der Waals surface area contributed by atoms with E-state index in [1.165, 1.54) is 24.8 Å². The Morgan fingerprint density at radius 1 is 1.23 bits per heavy atom. The molecule has 0 aromatic heterocycles. The lowest BCUT2D eigenvalue weighted by molar-refractivity contribution is -0.135. The minimum atomic E-state index is -1.16. The number of aliphatic hydroxyl groups excluding tert-OH is 1. The molecule has 2 nitrogen and oxygen atoms in total. The summed E-state index contributed by atoms with van der Waals surface area (Å²) in [7, 11) is 0. The lowest BCUT2D eigenvalue weighted by Crippen LogP contribution is -2.53. The number of carbonyl (C=O) groups is 1. The van der Waals surface area contributed by atoms with Gasteiger partial charge in [-0.25, -0.2) is 4.39 Å². The first-order valence-electron chi connectivity index (χ1n) is 8.95.